The number of piperidine rings is 1. The maximum Gasteiger partial charge on any atom is 0.255 e. The third-order valence-electron chi connectivity index (χ3n) is 7.46. The number of ether oxygens (including phenoxy) is 2. The highest BCUT2D eigenvalue weighted by Gasteiger charge is 2.39. The van der Waals surface area contributed by atoms with E-state index in [0.29, 0.717) is 11.3 Å². The summed E-state index contributed by atoms with van der Waals surface area (Å²) in [4.78, 5) is 15.2. The fraction of sp³-hybridized carbons (Fsp3) is 0.387. The lowest BCUT2D eigenvalue weighted by Gasteiger charge is -2.43. The topological polar surface area (TPSA) is 71.0 Å². The van der Waals surface area contributed by atoms with Crippen LogP contribution in [0.25, 0.3) is 0 Å². The maximum atomic E-state index is 12.7. The third-order valence-corrected chi connectivity index (χ3v) is 7.46. The Bertz CT molecular complexity index is 1160. The van der Waals surface area contributed by atoms with Crippen LogP contribution in [0.4, 0.5) is 5.69 Å². The van der Waals surface area contributed by atoms with Gasteiger partial charge in [-0.05, 0) is 61.3 Å². The van der Waals surface area contributed by atoms with Crippen molar-refractivity contribution in [2.24, 2.45) is 5.92 Å². The van der Waals surface area contributed by atoms with Crippen molar-refractivity contribution >= 4 is 11.6 Å². The minimum Gasteiger partial charge on any atom is -0.392 e. The van der Waals surface area contributed by atoms with Gasteiger partial charge in [0.25, 0.3) is 5.91 Å². The lowest BCUT2D eigenvalue weighted by atomic mass is 9.89. The second-order valence-corrected chi connectivity index (χ2v) is 10.1. The zero-order chi connectivity index (χ0) is 25.6. The molecule has 1 amide bonds. The highest BCUT2D eigenvalue weighted by molar-refractivity contribution is 6.04. The van der Waals surface area contributed by atoms with Crippen molar-refractivity contribution in [2.45, 2.75) is 51.3 Å². The molecule has 2 N–H and O–H groups in total. The first-order chi connectivity index (χ1) is 18.1. The third kappa shape index (κ3) is 6.28. The van der Waals surface area contributed by atoms with Crippen molar-refractivity contribution in [1.82, 2.24) is 4.90 Å². The number of rotatable bonds is 7. The van der Waals surface area contributed by atoms with Crippen LogP contribution in [0.2, 0.25) is 0 Å². The van der Waals surface area contributed by atoms with E-state index >= 15 is 0 Å². The number of hydrogen-bond acceptors (Lipinski definition) is 5. The normalized spacial score (nSPS) is 24.5. The molecule has 0 spiro atoms. The van der Waals surface area contributed by atoms with E-state index in [9.17, 15) is 9.90 Å². The first-order valence-electron chi connectivity index (χ1n) is 13.3. The molecule has 0 bridgehead atoms. The van der Waals surface area contributed by atoms with Crippen LogP contribution >= 0.6 is 0 Å². The lowest BCUT2D eigenvalue weighted by molar-refractivity contribution is -0.276. The van der Waals surface area contributed by atoms with Crippen molar-refractivity contribution in [3.05, 3.63) is 101 Å². The van der Waals surface area contributed by atoms with E-state index in [1.807, 2.05) is 66.7 Å². The largest absolute Gasteiger partial charge is 0.392 e. The quantitative estimate of drug-likeness (QED) is 0.435. The minimum absolute atomic E-state index is 0.00179. The Hall–Kier alpha value is -3.03. The van der Waals surface area contributed by atoms with Crippen molar-refractivity contribution < 1.29 is 19.4 Å². The van der Waals surface area contributed by atoms with Crippen molar-refractivity contribution in [1.29, 1.82) is 0 Å². The molecule has 2 aliphatic heterocycles. The molecule has 0 aliphatic carbocycles. The summed E-state index contributed by atoms with van der Waals surface area (Å²) in [6.07, 6.45) is 3.06. The molecule has 2 heterocycles. The van der Waals surface area contributed by atoms with Crippen LogP contribution in [-0.2, 0) is 16.1 Å². The lowest BCUT2D eigenvalue weighted by Crippen LogP contribution is -2.45. The Morgan fingerprint density at radius 2 is 1.68 bits per heavy atom. The van der Waals surface area contributed by atoms with Gasteiger partial charge in [0.05, 0.1) is 18.8 Å². The number of nitrogens with zero attached hydrogens (tertiary/aromatic N) is 1. The Kier molecular flexibility index (Phi) is 8.31. The molecule has 37 heavy (non-hydrogen) atoms. The molecular formula is C31H36N2O4. The smallest absolute Gasteiger partial charge is 0.255 e. The SMILES string of the molecule is C[C@@H]1[C@H](CN2CCCCC2)O[C@H](c2cccc(NC(=O)c3ccccc3)c2)O[C@@H]1c1ccc(CO)cc1. The molecule has 6 heteroatoms. The number of amides is 1. The Morgan fingerprint density at radius 1 is 0.919 bits per heavy atom. The standard InChI is InChI=1S/C31H36N2O4/c1-22-28(20-33-17-6-3-7-18-33)36-31(37-29(22)24-15-13-23(21-34)14-16-24)26-11-8-12-27(19-26)32-30(35)25-9-4-2-5-10-25/h2,4-5,8-16,19,22,28-29,31,34H,3,6-7,17-18,20-21H2,1H3,(H,32,35)/t22-,28+,29+,31+/m1/s1. The number of benzene rings is 3. The van der Waals surface area contributed by atoms with Crippen LogP contribution in [0.15, 0.2) is 78.9 Å². The van der Waals surface area contributed by atoms with E-state index in [-0.39, 0.29) is 30.6 Å². The molecule has 6 nitrogen and oxygen atoms in total. The molecule has 3 aromatic carbocycles. The predicted molar refractivity (Wildman–Crippen MR) is 144 cm³/mol. The molecule has 3 aromatic rings. The van der Waals surface area contributed by atoms with Gasteiger partial charge < -0.3 is 24.8 Å². The fourth-order valence-electron chi connectivity index (χ4n) is 5.28. The molecule has 0 aromatic heterocycles. The highest BCUT2D eigenvalue weighted by Crippen LogP contribution is 2.42. The molecule has 5 rings (SSSR count). The average molecular weight is 501 g/mol. The van der Waals surface area contributed by atoms with Crippen LogP contribution in [0.1, 0.15) is 65.6 Å². The summed E-state index contributed by atoms with van der Waals surface area (Å²) in [6.45, 7) is 5.30. The molecule has 0 radical (unpaired) electrons. The molecule has 2 saturated heterocycles. The zero-order valence-electron chi connectivity index (χ0n) is 21.4. The van der Waals surface area contributed by atoms with Gasteiger partial charge in [-0.25, -0.2) is 0 Å². The van der Waals surface area contributed by atoms with Crippen molar-refractivity contribution in [2.75, 3.05) is 25.0 Å². The number of likely N-dealkylation sites (tertiary alicyclic amines) is 1. The number of carbonyl (C=O) groups excluding carboxylic acids is 1. The number of aliphatic hydroxyl groups is 1. The fourth-order valence-corrected chi connectivity index (χ4v) is 5.28. The molecule has 4 atom stereocenters. The number of aliphatic hydroxyl groups excluding tert-OH is 1. The Balaban J connectivity index is 1.38. The number of anilines is 1. The van der Waals surface area contributed by atoms with Crippen molar-refractivity contribution in [3.63, 3.8) is 0 Å². The highest BCUT2D eigenvalue weighted by atomic mass is 16.7. The maximum absolute atomic E-state index is 12.7. The van der Waals surface area contributed by atoms with Crippen LogP contribution in [0.3, 0.4) is 0 Å². The van der Waals surface area contributed by atoms with E-state index < -0.39 is 6.29 Å². The van der Waals surface area contributed by atoms with E-state index in [1.54, 1.807) is 12.1 Å². The van der Waals surface area contributed by atoms with Crippen LogP contribution in [0.5, 0.6) is 0 Å². The van der Waals surface area contributed by atoms with Gasteiger partial charge in [-0.15, -0.1) is 0 Å². The van der Waals surface area contributed by atoms with Crippen LogP contribution < -0.4 is 5.32 Å². The molecular weight excluding hydrogens is 464 g/mol. The van der Waals surface area contributed by atoms with E-state index in [0.717, 1.165) is 36.3 Å². The predicted octanol–water partition coefficient (Wildman–Crippen LogP) is 5.71. The first-order valence-corrected chi connectivity index (χ1v) is 13.3. The van der Waals surface area contributed by atoms with Gasteiger partial charge in [-0.3, -0.25) is 4.79 Å². The summed E-state index contributed by atoms with van der Waals surface area (Å²) >= 11 is 0. The summed E-state index contributed by atoms with van der Waals surface area (Å²) in [5.41, 5.74) is 4.15. The minimum atomic E-state index is -0.554. The van der Waals surface area contributed by atoms with Crippen LogP contribution in [-0.4, -0.2) is 41.7 Å². The van der Waals surface area contributed by atoms with E-state index in [2.05, 4.69) is 17.1 Å². The summed E-state index contributed by atoms with van der Waals surface area (Å²) < 4.78 is 13.2. The summed E-state index contributed by atoms with van der Waals surface area (Å²) in [5.74, 6) is 0.000738. The second kappa shape index (κ2) is 12.0. The van der Waals surface area contributed by atoms with Gasteiger partial charge in [0.2, 0.25) is 0 Å². The van der Waals surface area contributed by atoms with Crippen molar-refractivity contribution in [3.8, 4) is 0 Å². The first kappa shape index (κ1) is 25.6. The van der Waals surface area contributed by atoms with Gasteiger partial charge in [-0.2, -0.15) is 0 Å². The Labute approximate surface area is 219 Å². The second-order valence-electron chi connectivity index (χ2n) is 10.1. The van der Waals surface area contributed by atoms with Gasteiger partial charge in [0.1, 0.15) is 0 Å². The van der Waals surface area contributed by atoms with Gasteiger partial charge in [-0.1, -0.05) is 67.9 Å². The molecule has 0 unspecified atom stereocenters. The summed E-state index contributed by atoms with van der Waals surface area (Å²) in [7, 11) is 0. The molecule has 2 aliphatic rings. The number of nitrogens with one attached hydrogen (secondary N) is 1. The molecule has 0 saturated carbocycles. The molecule has 2 fully saturated rings. The monoisotopic (exact) mass is 500 g/mol. The number of hydrogen-bond donors (Lipinski definition) is 2. The Morgan fingerprint density at radius 3 is 2.41 bits per heavy atom. The summed E-state index contributed by atoms with van der Waals surface area (Å²) in [6, 6.07) is 24.9. The average Bonchev–Trinajstić information content (AvgIpc) is 2.95. The van der Waals surface area contributed by atoms with E-state index in [4.69, 9.17) is 9.47 Å². The van der Waals surface area contributed by atoms with E-state index in [1.165, 1.54) is 19.3 Å². The molecule has 194 valence electrons. The number of carbonyl (C=O) groups is 1. The van der Waals surface area contributed by atoms with Gasteiger partial charge >= 0.3 is 0 Å². The van der Waals surface area contributed by atoms with Crippen LogP contribution in [0, 0.1) is 5.92 Å². The zero-order valence-corrected chi connectivity index (χ0v) is 21.4. The van der Waals surface area contributed by atoms with Gasteiger partial charge in [0, 0.05) is 29.3 Å². The van der Waals surface area contributed by atoms with Gasteiger partial charge in [0.15, 0.2) is 6.29 Å². The summed E-state index contributed by atoms with van der Waals surface area (Å²) in [5, 5.41) is 12.5.